The molecule has 0 radical (unpaired) electrons. The number of nitrogens with zero attached hydrogens (tertiary/aromatic N) is 1. The van der Waals surface area contributed by atoms with Gasteiger partial charge < -0.3 is 4.74 Å². The van der Waals surface area contributed by atoms with Crippen molar-refractivity contribution in [3.8, 4) is 5.75 Å². The largest absolute Gasteiger partial charge is 0.493 e. The molecule has 0 fully saturated rings. The molecule has 1 aliphatic rings. The summed E-state index contributed by atoms with van der Waals surface area (Å²) < 4.78 is 5.75. The Labute approximate surface area is 100 Å². The van der Waals surface area contributed by atoms with Crippen LogP contribution >= 0.6 is 0 Å². The van der Waals surface area contributed by atoms with Crippen LogP contribution in [-0.4, -0.2) is 16.8 Å². The molecule has 1 N–H and O–H groups in total. The minimum atomic E-state index is 0.821. The lowest BCUT2D eigenvalue weighted by atomic mass is 10.0. The summed E-state index contributed by atoms with van der Waals surface area (Å²) in [6.07, 6.45) is 8.05. The number of nitrogens with one attached hydrogen (secondary N) is 1. The molecule has 0 aliphatic carbocycles. The van der Waals surface area contributed by atoms with Crippen molar-refractivity contribution in [1.29, 1.82) is 0 Å². The number of aromatic nitrogens is 2. The van der Waals surface area contributed by atoms with E-state index in [1.165, 1.54) is 5.56 Å². The Balaban J connectivity index is 1.93. The number of H-pyrrole nitrogens is 1. The molecule has 0 spiro atoms. The van der Waals surface area contributed by atoms with E-state index >= 15 is 0 Å². The molecule has 3 heteroatoms. The van der Waals surface area contributed by atoms with Gasteiger partial charge in [0.15, 0.2) is 0 Å². The second-order valence-corrected chi connectivity index (χ2v) is 4.13. The first-order chi connectivity index (χ1) is 8.43. The van der Waals surface area contributed by atoms with E-state index in [4.69, 9.17) is 4.74 Å². The van der Waals surface area contributed by atoms with E-state index in [0.717, 1.165) is 36.5 Å². The summed E-state index contributed by atoms with van der Waals surface area (Å²) in [5, 5.41) is 6.82. The van der Waals surface area contributed by atoms with Gasteiger partial charge in [-0.25, -0.2) is 0 Å². The van der Waals surface area contributed by atoms with Crippen LogP contribution in [0.1, 0.15) is 23.2 Å². The summed E-state index contributed by atoms with van der Waals surface area (Å²) in [5.74, 6) is 1.04. The number of ether oxygens (including phenoxy) is 1. The van der Waals surface area contributed by atoms with E-state index < -0.39 is 0 Å². The topological polar surface area (TPSA) is 37.9 Å². The van der Waals surface area contributed by atoms with Crippen LogP contribution in [0.4, 0.5) is 0 Å². The first-order valence-electron chi connectivity index (χ1n) is 5.85. The maximum atomic E-state index is 5.75. The maximum absolute atomic E-state index is 5.75. The number of para-hydroxylation sites is 1. The molecule has 86 valence electrons. The Morgan fingerprint density at radius 3 is 3.12 bits per heavy atom. The minimum Gasteiger partial charge on any atom is -0.493 e. The Kier molecular flexibility index (Phi) is 2.66. The lowest BCUT2D eigenvalue weighted by Gasteiger charge is -2.18. The molecule has 3 rings (SSSR count). The molecule has 0 bridgehead atoms. The highest BCUT2D eigenvalue weighted by atomic mass is 16.5. The van der Waals surface area contributed by atoms with Gasteiger partial charge in [0, 0.05) is 11.8 Å². The third-order valence-corrected chi connectivity index (χ3v) is 2.93. The van der Waals surface area contributed by atoms with Crippen LogP contribution in [-0.2, 0) is 6.42 Å². The van der Waals surface area contributed by atoms with Crippen molar-refractivity contribution in [2.75, 3.05) is 6.61 Å². The fraction of sp³-hybridized carbons (Fsp3) is 0.214. The number of benzene rings is 1. The number of fused-ring (bicyclic) bond motifs is 1. The van der Waals surface area contributed by atoms with Crippen molar-refractivity contribution in [1.82, 2.24) is 10.2 Å². The Morgan fingerprint density at radius 2 is 2.24 bits per heavy atom. The summed E-state index contributed by atoms with van der Waals surface area (Å²) in [4.78, 5) is 0. The van der Waals surface area contributed by atoms with Gasteiger partial charge >= 0.3 is 0 Å². The fourth-order valence-corrected chi connectivity index (χ4v) is 2.08. The SMILES string of the molecule is C(=C\c1cccc2c1OCCC2)/c1ccn[nH]1. The molecule has 2 heterocycles. The van der Waals surface area contributed by atoms with Crippen LogP contribution in [0.2, 0.25) is 0 Å². The van der Waals surface area contributed by atoms with Crippen molar-refractivity contribution in [2.24, 2.45) is 0 Å². The van der Waals surface area contributed by atoms with Gasteiger partial charge in [-0.05, 0) is 36.6 Å². The van der Waals surface area contributed by atoms with Crippen molar-refractivity contribution >= 4 is 12.2 Å². The van der Waals surface area contributed by atoms with Gasteiger partial charge in [-0.2, -0.15) is 5.10 Å². The average molecular weight is 226 g/mol. The van der Waals surface area contributed by atoms with Crippen LogP contribution in [0.5, 0.6) is 5.75 Å². The summed E-state index contributed by atoms with van der Waals surface area (Å²) in [6, 6.07) is 8.24. The van der Waals surface area contributed by atoms with E-state index in [1.807, 2.05) is 12.1 Å². The van der Waals surface area contributed by atoms with Gasteiger partial charge in [-0.1, -0.05) is 18.2 Å². The number of hydrogen-bond acceptors (Lipinski definition) is 2. The molecule has 1 aromatic heterocycles. The van der Waals surface area contributed by atoms with E-state index in [1.54, 1.807) is 6.20 Å². The van der Waals surface area contributed by atoms with Crippen LogP contribution in [0.3, 0.4) is 0 Å². The van der Waals surface area contributed by atoms with E-state index in [0.29, 0.717) is 0 Å². The van der Waals surface area contributed by atoms with E-state index in [2.05, 4.69) is 34.5 Å². The van der Waals surface area contributed by atoms with Crippen molar-refractivity contribution < 1.29 is 4.74 Å². The van der Waals surface area contributed by atoms with Gasteiger partial charge in [0.1, 0.15) is 5.75 Å². The van der Waals surface area contributed by atoms with Gasteiger partial charge in [-0.3, -0.25) is 5.10 Å². The first-order valence-corrected chi connectivity index (χ1v) is 5.85. The lowest BCUT2D eigenvalue weighted by molar-refractivity contribution is 0.288. The standard InChI is InChI=1S/C14H14N2O/c1-3-11-5-2-10-17-14(11)12(4-1)6-7-13-8-9-15-16-13/h1,3-4,6-9H,2,5,10H2,(H,15,16)/b7-6+. The molecule has 3 nitrogen and oxygen atoms in total. The smallest absolute Gasteiger partial charge is 0.129 e. The van der Waals surface area contributed by atoms with Gasteiger partial charge in [0.25, 0.3) is 0 Å². The van der Waals surface area contributed by atoms with Crippen LogP contribution in [0.15, 0.2) is 30.5 Å². The molecular formula is C14H14N2O. The molecule has 0 amide bonds. The highest BCUT2D eigenvalue weighted by Crippen LogP contribution is 2.29. The quantitative estimate of drug-likeness (QED) is 0.855. The highest BCUT2D eigenvalue weighted by Gasteiger charge is 2.12. The predicted molar refractivity (Wildman–Crippen MR) is 67.8 cm³/mol. The zero-order valence-corrected chi connectivity index (χ0v) is 9.52. The first kappa shape index (κ1) is 10.1. The lowest BCUT2D eigenvalue weighted by Crippen LogP contribution is -2.09. The number of aromatic amines is 1. The van der Waals surface area contributed by atoms with Gasteiger partial charge in [0.05, 0.1) is 12.3 Å². The molecule has 0 atom stereocenters. The summed E-state index contributed by atoms with van der Waals surface area (Å²) >= 11 is 0. The third kappa shape index (κ3) is 2.09. The Bertz CT molecular complexity index is 529. The maximum Gasteiger partial charge on any atom is 0.129 e. The minimum absolute atomic E-state index is 0.821. The van der Waals surface area contributed by atoms with Crippen LogP contribution in [0.25, 0.3) is 12.2 Å². The fourth-order valence-electron chi connectivity index (χ4n) is 2.08. The molecule has 2 aromatic rings. The molecule has 0 unspecified atom stereocenters. The highest BCUT2D eigenvalue weighted by molar-refractivity contribution is 5.72. The van der Waals surface area contributed by atoms with E-state index in [-0.39, 0.29) is 0 Å². The van der Waals surface area contributed by atoms with E-state index in [9.17, 15) is 0 Å². The molecule has 1 aromatic carbocycles. The summed E-state index contributed by atoms with van der Waals surface area (Å²) in [5.41, 5.74) is 3.44. The van der Waals surface area contributed by atoms with Gasteiger partial charge in [-0.15, -0.1) is 0 Å². The summed E-state index contributed by atoms with van der Waals surface area (Å²) in [6.45, 7) is 0.821. The van der Waals surface area contributed by atoms with Crippen LogP contribution in [0, 0.1) is 0 Å². The second-order valence-electron chi connectivity index (χ2n) is 4.13. The number of aryl methyl sites for hydroxylation is 1. The molecular weight excluding hydrogens is 212 g/mol. The normalized spacial score (nSPS) is 14.6. The molecule has 0 saturated carbocycles. The van der Waals surface area contributed by atoms with Gasteiger partial charge in [0.2, 0.25) is 0 Å². The zero-order chi connectivity index (χ0) is 11.5. The molecule has 0 saturated heterocycles. The van der Waals surface area contributed by atoms with Crippen LogP contribution < -0.4 is 4.74 Å². The third-order valence-electron chi connectivity index (χ3n) is 2.93. The number of rotatable bonds is 2. The zero-order valence-electron chi connectivity index (χ0n) is 9.52. The molecule has 1 aliphatic heterocycles. The number of hydrogen-bond donors (Lipinski definition) is 1. The molecule has 17 heavy (non-hydrogen) atoms. The Morgan fingerprint density at radius 1 is 1.24 bits per heavy atom. The second kappa shape index (κ2) is 4.45. The summed E-state index contributed by atoms with van der Waals surface area (Å²) in [7, 11) is 0. The average Bonchev–Trinajstić information content (AvgIpc) is 2.89. The van der Waals surface area contributed by atoms with Crippen molar-refractivity contribution in [3.05, 3.63) is 47.3 Å². The predicted octanol–water partition coefficient (Wildman–Crippen LogP) is 2.91. The Hall–Kier alpha value is -2.03. The van der Waals surface area contributed by atoms with Crippen molar-refractivity contribution in [3.63, 3.8) is 0 Å². The van der Waals surface area contributed by atoms with Crippen molar-refractivity contribution in [2.45, 2.75) is 12.8 Å². The monoisotopic (exact) mass is 226 g/mol.